The van der Waals surface area contributed by atoms with Crippen LogP contribution in [0.25, 0.3) is 21.9 Å². The maximum Gasteiger partial charge on any atom is 0.225 e. The Morgan fingerprint density at radius 1 is 0.951 bits per heavy atom. The lowest BCUT2D eigenvalue weighted by Crippen LogP contribution is -2.49. The minimum atomic E-state index is -0.620. The number of hydrogen-bond donors (Lipinski definition) is 1. The van der Waals surface area contributed by atoms with Crippen LogP contribution in [0.3, 0.4) is 0 Å². The molecule has 0 bridgehead atoms. The molecule has 5 nitrogen and oxygen atoms in total. The number of carbonyl (C=O) groups excluding carboxylic acids is 1. The van der Waals surface area contributed by atoms with E-state index in [1.165, 1.54) is 0 Å². The van der Waals surface area contributed by atoms with Crippen molar-refractivity contribution < 1.29 is 19.4 Å². The number of nitrogens with zero attached hydrogens (tertiary/aromatic N) is 1. The van der Waals surface area contributed by atoms with Crippen LogP contribution in [0.4, 0.5) is 0 Å². The zero-order chi connectivity index (χ0) is 28.6. The van der Waals surface area contributed by atoms with E-state index in [0.717, 1.165) is 51.6 Å². The van der Waals surface area contributed by atoms with Crippen molar-refractivity contribution in [2.24, 2.45) is 5.92 Å². The van der Waals surface area contributed by atoms with Crippen LogP contribution in [0.5, 0.6) is 5.75 Å². The first kappa shape index (κ1) is 27.5. The molecule has 2 aliphatic heterocycles. The highest BCUT2D eigenvalue weighted by Crippen LogP contribution is 2.51. The predicted octanol–water partition coefficient (Wildman–Crippen LogP) is 7.31. The Hall–Kier alpha value is -3.67. The van der Waals surface area contributed by atoms with Gasteiger partial charge in [-0.1, -0.05) is 78.9 Å². The van der Waals surface area contributed by atoms with Crippen LogP contribution in [-0.4, -0.2) is 40.3 Å². The molecule has 0 aromatic heterocycles. The fourth-order valence-corrected chi connectivity index (χ4v) is 6.61. The van der Waals surface area contributed by atoms with E-state index in [1.54, 1.807) is 11.8 Å². The summed E-state index contributed by atoms with van der Waals surface area (Å²) in [5.74, 6) is 1.05. The van der Waals surface area contributed by atoms with E-state index in [1.807, 2.05) is 36.4 Å². The number of amides is 1. The van der Waals surface area contributed by atoms with Gasteiger partial charge in [0.25, 0.3) is 0 Å². The Balaban J connectivity index is 1.23. The molecule has 4 aromatic rings. The first-order valence-electron chi connectivity index (χ1n) is 14.7. The molecule has 5 heteroatoms. The van der Waals surface area contributed by atoms with Gasteiger partial charge in [0, 0.05) is 24.6 Å². The summed E-state index contributed by atoms with van der Waals surface area (Å²) in [5.41, 5.74) is 4.06. The number of carbonyl (C=O) groups is 1. The molecule has 4 atom stereocenters. The zero-order valence-corrected chi connectivity index (χ0v) is 24.1. The van der Waals surface area contributed by atoms with E-state index < -0.39 is 6.10 Å². The number of fused-ring (bicyclic) bond motifs is 4. The summed E-state index contributed by atoms with van der Waals surface area (Å²) >= 11 is 0. The summed E-state index contributed by atoms with van der Waals surface area (Å²) in [5, 5.41) is 12.5. The molecule has 212 valence electrons. The fourth-order valence-electron chi connectivity index (χ4n) is 6.61. The van der Waals surface area contributed by atoms with E-state index in [2.05, 4.69) is 68.4 Å². The normalized spacial score (nSPS) is 21.8. The fraction of sp³-hybridized carbons (Fsp3) is 0.361. The Morgan fingerprint density at radius 2 is 1.71 bits per heavy atom. The summed E-state index contributed by atoms with van der Waals surface area (Å²) in [6.45, 7) is 6.75. The topological polar surface area (TPSA) is 59.0 Å². The van der Waals surface area contributed by atoms with Crippen molar-refractivity contribution >= 4 is 16.7 Å². The van der Waals surface area contributed by atoms with Gasteiger partial charge in [-0.3, -0.25) is 4.79 Å². The van der Waals surface area contributed by atoms with Gasteiger partial charge in [0.15, 0.2) is 0 Å². The Kier molecular flexibility index (Phi) is 7.58. The van der Waals surface area contributed by atoms with Crippen molar-refractivity contribution in [1.29, 1.82) is 0 Å². The van der Waals surface area contributed by atoms with Crippen molar-refractivity contribution in [3.05, 3.63) is 102 Å². The standard InChI is InChI=1S/C36H39NO4/c1-24(38)22-37(23-28-14-9-13-26-12-7-8-15-30(26)28)34(39)21-29-17-18-32-35(40-29)31-20-27(25-10-5-4-6-11-25)16-19-33(31)41-36(32,2)3/h4-16,19-20,24,29,32,35,38H,17-18,21-23H2,1-3H3/t24?,29-,32+,35-/m0/s1. The van der Waals surface area contributed by atoms with Gasteiger partial charge in [-0.25, -0.2) is 0 Å². The molecule has 0 spiro atoms. The third kappa shape index (κ3) is 5.74. The third-order valence-corrected chi connectivity index (χ3v) is 8.67. The second-order valence-corrected chi connectivity index (χ2v) is 12.2. The van der Waals surface area contributed by atoms with Crippen molar-refractivity contribution in [1.82, 2.24) is 4.90 Å². The molecule has 1 saturated heterocycles. The van der Waals surface area contributed by atoms with E-state index in [4.69, 9.17) is 9.47 Å². The third-order valence-electron chi connectivity index (χ3n) is 8.67. The summed E-state index contributed by atoms with van der Waals surface area (Å²) in [6.07, 6.45) is 1.04. The minimum absolute atomic E-state index is 0.00636. The summed E-state index contributed by atoms with van der Waals surface area (Å²) in [7, 11) is 0. The molecule has 2 aliphatic rings. The average molecular weight is 550 g/mol. The molecule has 1 N–H and O–H groups in total. The van der Waals surface area contributed by atoms with Crippen LogP contribution in [0, 0.1) is 5.92 Å². The Morgan fingerprint density at radius 3 is 2.51 bits per heavy atom. The molecule has 41 heavy (non-hydrogen) atoms. The highest BCUT2D eigenvalue weighted by atomic mass is 16.5. The van der Waals surface area contributed by atoms with Gasteiger partial charge in [0.1, 0.15) is 11.4 Å². The van der Waals surface area contributed by atoms with Gasteiger partial charge in [-0.05, 0) is 73.2 Å². The van der Waals surface area contributed by atoms with Crippen LogP contribution >= 0.6 is 0 Å². The van der Waals surface area contributed by atoms with Gasteiger partial charge in [-0.2, -0.15) is 0 Å². The number of ether oxygens (including phenoxy) is 2. The predicted molar refractivity (Wildman–Crippen MR) is 163 cm³/mol. The van der Waals surface area contributed by atoms with Crippen LogP contribution in [0.15, 0.2) is 91.0 Å². The van der Waals surface area contributed by atoms with Crippen molar-refractivity contribution in [2.45, 2.75) is 70.5 Å². The lowest BCUT2D eigenvalue weighted by molar-refractivity contribution is -0.160. The molecular weight excluding hydrogens is 510 g/mol. The number of rotatable bonds is 7. The zero-order valence-electron chi connectivity index (χ0n) is 24.1. The molecule has 0 radical (unpaired) electrons. The molecular formula is C36H39NO4. The van der Waals surface area contributed by atoms with Crippen LogP contribution in [0.1, 0.15) is 57.3 Å². The van der Waals surface area contributed by atoms with Gasteiger partial charge in [0.05, 0.1) is 24.7 Å². The van der Waals surface area contributed by atoms with Gasteiger partial charge in [-0.15, -0.1) is 0 Å². The van der Waals surface area contributed by atoms with Crippen LogP contribution < -0.4 is 4.74 Å². The number of aliphatic hydroxyl groups is 1. The molecule has 1 unspecified atom stereocenters. The maximum absolute atomic E-state index is 13.8. The van der Waals surface area contributed by atoms with Crippen LogP contribution in [-0.2, 0) is 16.1 Å². The lowest BCUT2D eigenvalue weighted by atomic mass is 9.74. The van der Waals surface area contributed by atoms with Gasteiger partial charge >= 0.3 is 0 Å². The SMILES string of the molecule is CC(O)CN(Cc1cccc2ccccc12)C(=O)C[C@@H]1CC[C@@H]2[C@@H](O1)c1cc(-c3ccccc3)ccc1OC2(C)C. The minimum Gasteiger partial charge on any atom is -0.487 e. The van der Waals surface area contributed by atoms with Gasteiger partial charge < -0.3 is 19.5 Å². The van der Waals surface area contributed by atoms with E-state index in [-0.39, 0.29) is 42.6 Å². The maximum atomic E-state index is 13.8. The number of hydrogen-bond acceptors (Lipinski definition) is 4. The summed E-state index contributed by atoms with van der Waals surface area (Å²) < 4.78 is 13.3. The lowest BCUT2D eigenvalue weighted by Gasteiger charge is -2.49. The van der Waals surface area contributed by atoms with Crippen LogP contribution in [0.2, 0.25) is 0 Å². The second kappa shape index (κ2) is 11.3. The summed E-state index contributed by atoms with van der Waals surface area (Å²) in [4.78, 5) is 15.6. The smallest absolute Gasteiger partial charge is 0.225 e. The van der Waals surface area contributed by atoms with Crippen molar-refractivity contribution in [3.63, 3.8) is 0 Å². The second-order valence-electron chi connectivity index (χ2n) is 12.2. The Bertz CT molecular complexity index is 1520. The van der Waals surface area contributed by atoms with Crippen molar-refractivity contribution in [2.75, 3.05) is 6.54 Å². The molecule has 1 fully saturated rings. The molecule has 6 rings (SSSR count). The highest BCUT2D eigenvalue weighted by Gasteiger charge is 2.48. The van der Waals surface area contributed by atoms with E-state index in [9.17, 15) is 9.90 Å². The number of benzene rings is 4. The monoisotopic (exact) mass is 549 g/mol. The Labute approximate surface area is 242 Å². The van der Waals surface area contributed by atoms with Crippen molar-refractivity contribution in [3.8, 4) is 16.9 Å². The summed E-state index contributed by atoms with van der Waals surface area (Å²) in [6, 6.07) is 31.1. The quantitative estimate of drug-likeness (QED) is 0.263. The molecule has 0 aliphatic carbocycles. The molecule has 2 heterocycles. The first-order valence-corrected chi connectivity index (χ1v) is 14.7. The highest BCUT2D eigenvalue weighted by molar-refractivity contribution is 5.86. The molecule has 4 aromatic carbocycles. The largest absolute Gasteiger partial charge is 0.487 e. The number of aliphatic hydroxyl groups excluding tert-OH is 1. The average Bonchev–Trinajstić information content (AvgIpc) is 2.97. The van der Waals surface area contributed by atoms with Gasteiger partial charge in [0.2, 0.25) is 5.91 Å². The molecule has 1 amide bonds. The van der Waals surface area contributed by atoms with E-state index in [0.29, 0.717) is 6.54 Å². The first-order chi connectivity index (χ1) is 19.8. The molecule has 0 saturated carbocycles. The van der Waals surface area contributed by atoms with E-state index >= 15 is 0 Å².